The van der Waals surface area contributed by atoms with Gasteiger partial charge in [-0.2, -0.15) is 5.26 Å². The van der Waals surface area contributed by atoms with E-state index in [1.165, 1.54) is 11.3 Å². The van der Waals surface area contributed by atoms with Crippen LogP contribution in [-0.4, -0.2) is 16.0 Å². The zero-order valence-corrected chi connectivity index (χ0v) is 17.2. The van der Waals surface area contributed by atoms with Crippen LogP contribution in [0.5, 0.6) is 0 Å². The Morgan fingerprint density at radius 1 is 1.41 bits per heavy atom. The van der Waals surface area contributed by atoms with Crippen molar-refractivity contribution in [3.8, 4) is 6.07 Å². The van der Waals surface area contributed by atoms with Crippen LogP contribution in [0.1, 0.15) is 30.7 Å². The Morgan fingerprint density at radius 2 is 2.19 bits per heavy atom. The van der Waals surface area contributed by atoms with E-state index in [9.17, 15) is 10.1 Å². The second-order valence-corrected chi connectivity index (χ2v) is 8.73. The third kappa shape index (κ3) is 2.94. The van der Waals surface area contributed by atoms with Crippen molar-refractivity contribution in [3.63, 3.8) is 0 Å². The van der Waals surface area contributed by atoms with Crippen LogP contribution in [0.3, 0.4) is 0 Å². The monoisotopic (exact) mass is 459 g/mol. The molecule has 0 saturated heterocycles. The number of hydrogen-bond donors (Lipinski definition) is 2. The SMILES string of the molecule is N#CC1=C(N)N(c2n[nH]c(=S)s2)C2=C(C(=O)CCC2)C1c1ccccc1Br. The second kappa shape index (κ2) is 7.03. The number of nitrogens with one attached hydrogen (secondary N) is 1. The van der Waals surface area contributed by atoms with Gasteiger partial charge in [-0.25, -0.2) is 0 Å². The zero-order chi connectivity index (χ0) is 19.1. The lowest BCUT2D eigenvalue weighted by Crippen LogP contribution is -2.38. The van der Waals surface area contributed by atoms with Crippen molar-refractivity contribution in [1.29, 1.82) is 5.26 Å². The lowest BCUT2D eigenvalue weighted by atomic mass is 9.76. The van der Waals surface area contributed by atoms with E-state index >= 15 is 0 Å². The highest BCUT2D eigenvalue weighted by Crippen LogP contribution is 2.47. The Balaban J connectivity index is 2.01. The first-order valence-corrected chi connectivity index (χ1v) is 10.3. The minimum atomic E-state index is -0.489. The van der Waals surface area contributed by atoms with Crippen LogP contribution < -0.4 is 10.6 Å². The molecule has 27 heavy (non-hydrogen) atoms. The molecule has 9 heteroatoms. The molecule has 2 aromatic rings. The molecule has 136 valence electrons. The first kappa shape index (κ1) is 18.1. The smallest absolute Gasteiger partial charge is 0.216 e. The molecule has 0 saturated carbocycles. The van der Waals surface area contributed by atoms with Crippen LogP contribution in [0, 0.1) is 15.3 Å². The maximum Gasteiger partial charge on any atom is 0.216 e. The van der Waals surface area contributed by atoms with Crippen molar-refractivity contribution in [2.75, 3.05) is 4.90 Å². The molecule has 1 unspecified atom stereocenters. The summed E-state index contributed by atoms with van der Waals surface area (Å²) in [4.78, 5) is 14.7. The van der Waals surface area contributed by atoms with Crippen molar-refractivity contribution in [2.45, 2.75) is 25.2 Å². The minimum Gasteiger partial charge on any atom is -0.384 e. The fourth-order valence-corrected chi connectivity index (χ4v) is 5.07. The van der Waals surface area contributed by atoms with Crippen LogP contribution in [0.15, 0.2) is 51.4 Å². The van der Waals surface area contributed by atoms with E-state index in [2.05, 4.69) is 32.2 Å². The number of Topliss-reactive ketones (excluding diaryl/α,β-unsaturated/α-hetero) is 1. The highest BCUT2D eigenvalue weighted by Gasteiger charge is 2.41. The molecule has 3 N–H and O–H groups in total. The van der Waals surface area contributed by atoms with E-state index in [0.717, 1.165) is 22.2 Å². The highest BCUT2D eigenvalue weighted by molar-refractivity contribution is 9.10. The van der Waals surface area contributed by atoms with E-state index < -0.39 is 5.92 Å². The molecule has 2 heterocycles. The number of halogens is 1. The van der Waals surface area contributed by atoms with Crippen molar-refractivity contribution in [3.05, 3.63) is 60.9 Å². The lowest BCUT2D eigenvalue weighted by Gasteiger charge is -2.38. The van der Waals surface area contributed by atoms with Crippen LogP contribution >= 0.6 is 39.5 Å². The number of carbonyl (C=O) groups is 1. The molecular weight excluding hydrogens is 446 g/mol. The van der Waals surface area contributed by atoms with Gasteiger partial charge in [-0.05, 0) is 36.7 Å². The van der Waals surface area contributed by atoms with Gasteiger partial charge in [0.2, 0.25) is 5.13 Å². The van der Waals surface area contributed by atoms with Crippen LogP contribution in [0.2, 0.25) is 0 Å². The van der Waals surface area contributed by atoms with Crippen molar-refractivity contribution in [1.82, 2.24) is 10.2 Å². The molecule has 2 aliphatic rings. The second-order valence-electron chi connectivity index (χ2n) is 6.23. The maximum atomic E-state index is 13.0. The number of hydrogen-bond acceptors (Lipinski definition) is 7. The number of carbonyl (C=O) groups excluding carboxylic acids is 1. The van der Waals surface area contributed by atoms with E-state index in [1.807, 2.05) is 24.3 Å². The Hall–Kier alpha value is -2.28. The predicted octanol–water partition coefficient (Wildman–Crippen LogP) is 4.27. The molecule has 1 aliphatic carbocycles. The molecule has 0 fully saturated rings. The highest BCUT2D eigenvalue weighted by atomic mass is 79.9. The van der Waals surface area contributed by atoms with Gasteiger partial charge in [-0.1, -0.05) is 45.5 Å². The first-order chi connectivity index (χ1) is 13.0. The number of benzene rings is 1. The summed E-state index contributed by atoms with van der Waals surface area (Å²) in [6, 6.07) is 9.85. The topological polar surface area (TPSA) is 98.8 Å². The molecular formula is C18H14BrN5OS2. The summed E-state index contributed by atoms with van der Waals surface area (Å²) in [5, 5.41) is 17.4. The number of anilines is 1. The van der Waals surface area contributed by atoms with Gasteiger partial charge in [0, 0.05) is 22.2 Å². The fourth-order valence-electron chi connectivity index (χ4n) is 3.64. The van der Waals surface area contributed by atoms with Crippen molar-refractivity contribution in [2.24, 2.45) is 5.73 Å². The number of aromatic amines is 1. The molecule has 0 amide bonds. The van der Waals surface area contributed by atoms with Gasteiger partial charge in [0.25, 0.3) is 0 Å². The average Bonchev–Trinajstić information content (AvgIpc) is 3.07. The number of ketones is 1. The molecule has 0 radical (unpaired) electrons. The van der Waals surface area contributed by atoms with Gasteiger partial charge >= 0.3 is 0 Å². The Labute approximate surface area is 173 Å². The molecule has 0 bridgehead atoms. The summed E-state index contributed by atoms with van der Waals surface area (Å²) in [5.74, 6) is -0.151. The van der Waals surface area contributed by atoms with E-state index in [0.29, 0.717) is 38.9 Å². The largest absolute Gasteiger partial charge is 0.384 e. The number of rotatable bonds is 2. The van der Waals surface area contributed by atoms with Crippen LogP contribution in [0.25, 0.3) is 0 Å². The summed E-state index contributed by atoms with van der Waals surface area (Å²) >= 11 is 9.97. The van der Waals surface area contributed by atoms with E-state index in [1.54, 1.807) is 4.90 Å². The summed E-state index contributed by atoms with van der Waals surface area (Å²) in [6.45, 7) is 0. The standard InChI is InChI=1S/C18H14BrN5OS2/c19-11-5-2-1-4-9(11)14-10(8-20)16(21)24(17-22-23-18(26)27-17)12-6-3-7-13(25)15(12)14/h1-2,4-5,14H,3,6-7,21H2,(H,23,26). The summed E-state index contributed by atoms with van der Waals surface area (Å²) < 4.78 is 1.35. The molecule has 1 aromatic heterocycles. The van der Waals surface area contributed by atoms with Gasteiger partial charge in [0.1, 0.15) is 5.82 Å². The Bertz CT molecular complexity index is 1110. The van der Waals surface area contributed by atoms with Gasteiger partial charge in [-0.3, -0.25) is 14.8 Å². The van der Waals surface area contributed by atoms with Gasteiger partial charge in [0.15, 0.2) is 9.74 Å². The first-order valence-electron chi connectivity index (χ1n) is 8.29. The fraction of sp³-hybridized carbons (Fsp3) is 0.222. The summed E-state index contributed by atoms with van der Waals surface area (Å²) in [5.41, 5.74) is 9.08. The normalized spacial score (nSPS) is 19.9. The molecule has 0 spiro atoms. The number of nitrogens with two attached hydrogens (primary N) is 1. The van der Waals surface area contributed by atoms with Crippen LogP contribution in [-0.2, 0) is 4.79 Å². The third-order valence-corrected chi connectivity index (χ3v) is 6.54. The number of aromatic nitrogens is 2. The predicted molar refractivity (Wildman–Crippen MR) is 109 cm³/mol. The lowest BCUT2D eigenvalue weighted by molar-refractivity contribution is -0.116. The molecule has 4 rings (SSSR count). The van der Waals surface area contributed by atoms with Gasteiger partial charge in [0.05, 0.1) is 17.6 Å². The van der Waals surface area contributed by atoms with Crippen molar-refractivity contribution < 1.29 is 4.79 Å². The molecule has 1 aromatic carbocycles. The number of nitrogens with zero attached hydrogens (tertiary/aromatic N) is 3. The summed E-state index contributed by atoms with van der Waals surface area (Å²) in [7, 11) is 0. The Kier molecular flexibility index (Phi) is 4.72. The van der Waals surface area contributed by atoms with E-state index in [-0.39, 0.29) is 5.78 Å². The number of nitriles is 1. The van der Waals surface area contributed by atoms with E-state index in [4.69, 9.17) is 18.0 Å². The van der Waals surface area contributed by atoms with Crippen LogP contribution in [0.4, 0.5) is 5.13 Å². The molecule has 1 aliphatic heterocycles. The maximum absolute atomic E-state index is 13.0. The minimum absolute atomic E-state index is 0.0429. The average molecular weight is 460 g/mol. The Morgan fingerprint density at radius 3 is 2.85 bits per heavy atom. The zero-order valence-electron chi connectivity index (χ0n) is 14.0. The number of H-pyrrole nitrogens is 1. The quantitative estimate of drug-likeness (QED) is 0.650. The summed E-state index contributed by atoms with van der Waals surface area (Å²) in [6.07, 6.45) is 1.89. The number of allylic oxidation sites excluding steroid dienone is 3. The third-order valence-electron chi connectivity index (χ3n) is 4.75. The van der Waals surface area contributed by atoms with Crippen molar-refractivity contribution >= 4 is 50.4 Å². The van der Waals surface area contributed by atoms with Gasteiger partial charge in [-0.15, -0.1) is 5.10 Å². The van der Waals surface area contributed by atoms with Gasteiger partial charge < -0.3 is 5.73 Å². The molecule has 6 nitrogen and oxygen atoms in total. The molecule has 1 atom stereocenters.